The van der Waals surface area contributed by atoms with E-state index in [-0.39, 0.29) is 18.0 Å². The van der Waals surface area contributed by atoms with E-state index in [4.69, 9.17) is 4.74 Å². The largest absolute Gasteiger partial charge is 0.475 e. The summed E-state index contributed by atoms with van der Waals surface area (Å²) < 4.78 is 20.5. The van der Waals surface area contributed by atoms with Crippen molar-refractivity contribution in [1.82, 2.24) is 29.7 Å². The summed E-state index contributed by atoms with van der Waals surface area (Å²) in [6.45, 7) is 5.85. The van der Waals surface area contributed by atoms with Gasteiger partial charge in [-0.2, -0.15) is 10.1 Å². The van der Waals surface area contributed by atoms with E-state index in [0.717, 1.165) is 5.56 Å². The van der Waals surface area contributed by atoms with Crippen molar-refractivity contribution >= 4 is 17.1 Å². The molecule has 8 nitrogen and oxygen atoms in total. The number of hydrogen-bond acceptors (Lipinski definition) is 6. The highest BCUT2D eigenvalue weighted by atomic mass is 19.1. The quantitative estimate of drug-likeness (QED) is 0.530. The van der Waals surface area contributed by atoms with Crippen molar-refractivity contribution in [3.63, 3.8) is 0 Å². The summed E-state index contributed by atoms with van der Waals surface area (Å²) in [5.74, 6) is 1.37. The van der Waals surface area contributed by atoms with Gasteiger partial charge in [0.25, 0.3) is 0 Å². The number of fused-ring (bicyclic) bond motifs is 1. The van der Waals surface area contributed by atoms with E-state index in [1.807, 2.05) is 20.8 Å². The Morgan fingerprint density at radius 3 is 2.68 bits per heavy atom. The zero-order chi connectivity index (χ0) is 19.7. The number of halogens is 1. The van der Waals surface area contributed by atoms with Crippen molar-refractivity contribution < 1.29 is 9.13 Å². The van der Waals surface area contributed by atoms with Gasteiger partial charge in [-0.15, -0.1) is 0 Å². The van der Waals surface area contributed by atoms with Crippen LogP contribution < -0.4 is 10.1 Å². The zero-order valence-corrected chi connectivity index (χ0v) is 15.7. The number of aromatic nitrogens is 6. The molecule has 0 amide bonds. The summed E-state index contributed by atoms with van der Waals surface area (Å²) in [6, 6.07) is 8.02. The van der Waals surface area contributed by atoms with Gasteiger partial charge in [-0.25, -0.2) is 19.5 Å². The first-order valence-electron chi connectivity index (χ1n) is 8.94. The topological polar surface area (TPSA) is 93.5 Å². The Bertz CT molecular complexity index is 1090. The second-order valence-electron chi connectivity index (χ2n) is 6.69. The lowest BCUT2D eigenvalue weighted by molar-refractivity contribution is 0.232. The van der Waals surface area contributed by atoms with Gasteiger partial charge in [0.1, 0.15) is 17.7 Å². The molecular weight excluding hydrogens is 361 g/mol. The van der Waals surface area contributed by atoms with Crippen LogP contribution in [0.2, 0.25) is 0 Å². The Kier molecular flexibility index (Phi) is 4.64. The van der Waals surface area contributed by atoms with Crippen molar-refractivity contribution in [2.45, 2.75) is 32.9 Å². The molecule has 0 aliphatic rings. The molecule has 9 heteroatoms. The third kappa shape index (κ3) is 3.64. The van der Waals surface area contributed by atoms with E-state index < -0.39 is 0 Å². The van der Waals surface area contributed by atoms with Crippen LogP contribution in [0.15, 0.2) is 42.9 Å². The van der Waals surface area contributed by atoms with Crippen LogP contribution in [0.5, 0.6) is 5.88 Å². The maximum Gasteiger partial charge on any atom is 0.225 e. The fraction of sp³-hybridized carbons (Fsp3) is 0.263. The Morgan fingerprint density at radius 1 is 1.14 bits per heavy atom. The minimum Gasteiger partial charge on any atom is -0.475 e. The first kappa shape index (κ1) is 17.9. The molecule has 0 spiro atoms. The van der Waals surface area contributed by atoms with Gasteiger partial charge in [-0.3, -0.25) is 4.57 Å². The van der Waals surface area contributed by atoms with Crippen molar-refractivity contribution in [3.05, 3.63) is 54.2 Å². The van der Waals surface area contributed by atoms with Gasteiger partial charge in [0, 0.05) is 6.07 Å². The lowest BCUT2D eigenvalue weighted by Gasteiger charge is -2.14. The third-order valence-electron chi connectivity index (χ3n) is 4.16. The van der Waals surface area contributed by atoms with E-state index >= 15 is 0 Å². The molecule has 3 heterocycles. The molecule has 1 atom stereocenters. The molecular formula is C19H20FN7O. The van der Waals surface area contributed by atoms with Crippen LogP contribution >= 0.6 is 0 Å². The monoisotopic (exact) mass is 381 g/mol. The summed E-state index contributed by atoms with van der Waals surface area (Å²) in [4.78, 5) is 13.2. The number of nitrogens with zero attached hydrogens (tertiary/aromatic N) is 5. The van der Waals surface area contributed by atoms with Crippen LogP contribution in [0.4, 0.5) is 10.3 Å². The van der Waals surface area contributed by atoms with Crippen LogP contribution in [0.1, 0.15) is 32.4 Å². The molecule has 0 bridgehead atoms. The van der Waals surface area contributed by atoms with Crippen molar-refractivity contribution in [3.8, 4) is 11.7 Å². The first-order valence-corrected chi connectivity index (χ1v) is 8.94. The lowest BCUT2D eigenvalue weighted by atomic mass is 10.1. The second kappa shape index (κ2) is 7.26. The average molecular weight is 381 g/mol. The fourth-order valence-electron chi connectivity index (χ4n) is 2.81. The Hall–Kier alpha value is -3.49. The molecule has 0 saturated heterocycles. The summed E-state index contributed by atoms with van der Waals surface area (Å²) in [5, 5.41) is 10.3. The number of imidazole rings is 1. The molecule has 0 fully saturated rings. The Balaban J connectivity index is 1.61. The maximum atomic E-state index is 13.1. The standard InChI is InChI=1S/C19H20FN7O/c1-11(2)28-17-8-16(25-26-17)27-10-22-15-9-21-19(24-18(15)27)23-12(3)13-4-6-14(20)7-5-13/h4-12H,1-3H3,(H,25,26)(H,21,23,24). The van der Waals surface area contributed by atoms with Crippen molar-refractivity contribution in [2.75, 3.05) is 5.32 Å². The van der Waals surface area contributed by atoms with Crippen molar-refractivity contribution in [2.24, 2.45) is 0 Å². The van der Waals surface area contributed by atoms with Gasteiger partial charge in [0.15, 0.2) is 11.5 Å². The van der Waals surface area contributed by atoms with Gasteiger partial charge < -0.3 is 10.1 Å². The fourth-order valence-corrected chi connectivity index (χ4v) is 2.81. The zero-order valence-electron chi connectivity index (χ0n) is 15.7. The van der Waals surface area contributed by atoms with Gasteiger partial charge in [-0.1, -0.05) is 12.1 Å². The number of rotatable bonds is 6. The molecule has 1 aromatic carbocycles. The number of hydrogen-bond donors (Lipinski definition) is 2. The Labute approximate surface area is 160 Å². The third-order valence-corrected chi connectivity index (χ3v) is 4.16. The molecule has 2 N–H and O–H groups in total. The summed E-state index contributed by atoms with van der Waals surface area (Å²) in [7, 11) is 0. The van der Waals surface area contributed by atoms with Gasteiger partial charge >= 0.3 is 0 Å². The molecule has 0 aliphatic heterocycles. The average Bonchev–Trinajstić information content (AvgIpc) is 3.28. The highest BCUT2D eigenvalue weighted by Gasteiger charge is 2.13. The number of nitrogens with one attached hydrogen (secondary N) is 2. The molecule has 4 rings (SSSR count). The Morgan fingerprint density at radius 2 is 1.93 bits per heavy atom. The number of H-pyrrole nitrogens is 1. The maximum absolute atomic E-state index is 13.1. The predicted octanol–water partition coefficient (Wildman–Crippen LogP) is 3.64. The van der Waals surface area contributed by atoms with Crippen LogP contribution in [-0.4, -0.2) is 35.8 Å². The number of anilines is 1. The highest BCUT2D eigenvalue weighted by molar-refractivity contribution is 5.73. The molecule has 144 valence electrons. The van der Waals surface area contributed by atoms with Crippen LogP contribution in [-0.2, 0) is 0 Å². The summed E-state index contributed by atoms with van der Waals surface area (Å²) in [5.41, 5.74) is 2.20. The minimum atomic E-state index is -0.266. The highest BCUT2D eigenvalue weighted by Crippen LogP contribution is 2.21. The normalized spacial score (nSPS) is 12.5. The van der Waals surface area contributed by atoms with Gasteiger partial charge in [0.05, 0.1) is 18.3 Å². The summed E-state index contributed by atoms with van der Waals surface area (Å²) >= 11 is 0. The number of aromatic amines is 1. The molecule has 0 aliphatic carbocycles. The molecule has 1 unspecified atom stereocenters. The van der Waals surface area contributed by atoms with Gasteiger partial charge in [0.2, 0.25) is 11.8 Å². The summed E-state index contributed by atoms with van der Waals surface area (Å²) in [6.07, 6.45) is 3.33. The van der Waals surface area contributed by atoms with Crippen LogP contribution in [0, 0.1) is 5.82 Å². The van der Waals surface area contributed by atoms with E-state index in [0.29, 0.717) is 28.8 Å². The minimum absolute atomic E-state index is 0.0407. The second-order valence-corrected chi connectivity index (χ2v) is 6.69. The molecule has 3 aromatic heterocycles. The SMILES string of the molecule is CC(C)Oc1cc(-n2cnc3cnc(NC(C)c4ccc(F)cc4)nc32)n[nH]1. The van der Waals surface area contributed by atoms with E-state index in [1.54, 1.807) is 35.3 Å². The molecule has 0 radical (unpaired) electrons. The first-order chi connectivity index (χ1) is 13.5. The molecule has 0 saturated carbocycles. The number of ether oxygens (including phenoxy) is 1. The van der Waals surface area contributed by atoms with Crippen LogP contribution in [0.3, 0.4) is 0 Å². The van der Waals surface area contributed by atoms with Gasteiger partial charge in [-0.05, 0) is 38.5 Å². The molecule has 4 aromatic rings. The van der Waals surface area contributed by atoms with Crippen molar-refractivity contribution in [1.29, 1.82) is 0 Å². The molecule has 28 heavy (non-hydrogen) atoms. The smallest absolute Gasteiger partial charge is 0.225 e. The van der Waals surface area contributed by atoms with Crippen LogP contribution in [0.25, 0.3) is 17.0 Å². The predicted molar refractivity (Wildman–Crippen MR) is 103 cm³/mol. The van der Waals surface area contributed by atoms with E-state index in [2.05, 4.69) is 30.5 Å². The number of benzene rings is 1. The van der Waals surface area contributed by atoms with E-state index in [9.17, 15) is 4.39 Å². The lowest BCUT2D eigenvalue weighted by Crippen LogP contribution is -2.10. The van der Waals surface area contributed by atoms with E-state index in [1.165, 1.54) is 12.1 Å².